The van der Waals surface area contributed by atoms with Gasteiger partial charge in [0.2, 0.25) is 5.91 Å². The fourth-order valence-corrected chi connectivity index (χ4v) is 3.68. The van der Waals surface area contributed by atoms with Crippen molar-refractivity contribution in [1.82, 2.24) is 10.4 Å². The van der Waals surface area contributed by atoms with Crippen LogP contribution in [0, 0.1) is 0 Å². The number of carboxylic acid groups (broad SMARTS) is 2. The van der Waals surface area contributed by atoms with Crippen molar-refractivity contribution < 1.29 is 34.2 Å². The van der Waals surface area contributed by atoms with E-state index in [4.69, 9.17) is 10.6 Å². The van der Waals surface area contributed by atoms with Crippen LogP contribution in [0.3, 0.4) is 0 Å². The second-order valence-electron chi connectivity index (χ2n) is 7.28. The van der Waals surface area contributed by atoms with Crippen molar-refractivity contribution in [1.29, 1.82) is 0 Å². The predicted molar refractivity (Wildman–Crippen MR) is 110 cm³/mol. The number of carboxylic acids is 2. The maximum absolute atomic E-state index is 12.1. The SMILES string of the molecule is Nc1c(C(=O)O)c2ccc(CC(=O)NOCC(=O)N3CCCCC3)ccc-2c1C(=O)O. The number of nitrogen functional groups attached to an aromatic ring is 1. The second kappa shape index (κ2) is 9.43. The molecular weight excluding hydrogens is 406 g/mol. The topological polar surface area (TPSA) is 159 Å². The van der Waals surface area contributed by atoms with E-state index in [1.807, 2.05) is 0 Å². The lowest BCUT2D eigenvalue weighted by molar-refractivity contribution is -0.145. The standard InChI is InChI=1S/C21H23N3O7/c22-19-17(20(27)28)13-6-4-12(5-7-14(13)18(19)21(29)30)10-15(25)23-31-11-16(26)24-8-2-1-3-9-24/h4-7H,1-3,8-11,22H2,(H,23,25)(H,27,28)(H,29,30). The molecule has 0 aromatic heterocycles. The number of likely N-dealkylation sites (tertiary alicyclic amines) is 1. The minimum Gasteiger partial charge on any atom is -0.478 e. The van der Waals surface area contributed by atoms with Crippen molar-refractivity contribution in [2.45, 2.75) is 25.7 Å². The first kappa shape index (κ1) is 22.0. The van der Waals surface area contributed by atoms with Crippen LogP contribution >= 0.6 is 0 Å². The van der Waals surface area contributed by atoms with Gasteiger partial charge in [0.05, 0.1) is 23.2 Å². The lowest BCUT2D eigenvalue weighted by Gasteiger charge is -2.26. The molecule has 1 aliphatic heterocycles. The summed E-state index contributed by atoms with van der Waals surface area (Å²) in [6, 6.07) is 5.87. The average molecular weight is 429 g/mol. The highest BCUT2D eigenvalue weighted by Gasteiger charge is 2.28. The molecule has 0 bridgehead atoms. The van der Waals surface area contributed by atoms with E-state index in [9.17, 15) is 29.4 Å². The maximum atomic E-state index is 12.1. The first-order valence-electron chi connectivity index (χ1n) is 9.78. The van der Waals surface area contributed by atoms with E-state index >= 15 is 0 Å². The van der Waals surface area contributed by atoms with Crippen LogP contribution in [0.4, 0.5) is 5.69 Å². The first-order valence-corrected chi connectivity index (χ1v) is 9.78. The summed E-state index contributed by atoms with van der Waals surface area (Å²) in [5, 5.41) is 18.8. The zero-order valence-corrected chi connectivity index (χ0v) is 16.7. The van der Waals surface area contributed by atoms with Crippen LogP contribution in [0.15, 0.2) is 24.3 Å². The highest BCUT2D eigenvalue weighted by atomic mass is 16.7. The Kier molecular flexibility index (Phi) is 6.71. The molecule has 164 valence electrons. The molecule has 0 atom stereocenters. The van der Waals surface area contributed by atoms with Crippen molar-refractivity contribution in [3.05, 3.63) is 41.0 Å². The number of amides is 2. The van der Waals surface area contributed by atoms with Gasteiger partial charge in [-0.2, -0.15) is 0 Å². The number of nitrogens with zero attached hydrogens (tertiary/aromatic N) is 1. The Morgan fingerprint density at radius 2 is 1.48 bits per heavy atom. The molecule has 1 saturated heterocycles. The Balaban J connectivity index is 1.67. The van der Waals surface area contributed by atoms with Crippen molar-refractivity contribution in [2.75, 3.05) is 25.4 Å². The summed E-state index contributed by atoms with van der Waals surface area (Å²) in [6.45, 7) is 1.12. The van der Waals surface area contributed by atoms with Gasteiger partial charge in [-0.15, -0.1) is 0 Å². The molecule has 1 heterocycles. The number of hydrogen-bond acceptors (Lipinski definition) is 6. The molecule has 1 fully saturated rings. The van der Waals surface area contributed by atoms with Crippen molar-refractivity contribution in [2.24, 2.45) is 0 Å². The number of rotatable bonds is 7. The molecule has 3 aliphatic rings. The lowest BCUT2D eigenvalue weighted by Crippen LogP contribution is -2.40. The van der Waals surface area contributed by atoms with Crippen LogP contribution in [0.25, 0.3) is 11.1 Å². The first-order chi connectivity index (χ1) is 14.8. The van der Waals surface area contributed by atoms with E-state index in [-0.39, 0.29) is 46.9 Å². The largest absolute Gasteiger partial charge is 0.478 e. The molecule has 0 radical (unpaired) electrons. The number of anilines is 1. The van der Waals surface area contributed by atoms with Crippen LogP contribution in [0.1, 0.15) is 45.5 Å². The number of carbonyl (C=O) groups excluding carboxylic acids is 2. The molecule has 0 unspecified atom stereocenters. The predicted octanol–water partition coefficient (Wildman–Crippen LogP) is 1.37. The van der Waals surface area contributed by atoms with Gasteiger partial charge >= 0.3 is 11.9 Å². The summed E-state index contributed by atoms with van der Waals surface area (Å²) >= 11 is 0. The van der Waals surface area contributed by atoms with E-state index < -0.39 is 17.8 Å². The number of fused-ring (bicyclic) bond motifs is 1. The van der Waals surface area contributed by atoms with Crippen LogP contribution in [-0.4, -0.2) is 58.6 Å². The third-order valence-electron chi connectivity index (χ3n) is 5.18. The van der Waals surface area contributed by atoms with Gasteiger partial charge in [-0.05, 0) is 36.0 Å². The monoisotopic (exact) mass is 429 g/mol. The highest BCUT2D eigenvalue weighted by Crippen LogP contribution is 2.38. The van der Waals surface area contributed by atoms with Crippen molar-refractivity contribution >= 4 is 29.4 Å². The Hall–Kier alpha value is -3.66. The summed E-state index contributed by atoms with van der Waals surface area (Å²) in [6.07, 6.45) is 2.90. The minimum atomic E-state index is -1.34. The summed E-state index contributed by atoms with van der Waals surface area (Å²) < 4.78 is 0. The molecule has 3 rings (SSSR count). The fourth-order valence-electron chi connectivity index (χ4n) is 3.68. The van der Waals surface area contributed by atoms with Crippen molar-refractivity contribution in [3.63, 3.8) is 0 Å². The highest BCUT2D eigenvalue weighted by molar-refractivity contribution is 6.14. The van der Waals surface area contributed by atoms with E-state index in [1.54, 1.807) is 4.90 Å². The second-order valence-corrected chi connectivity index (χ2v) is 7.28. The molecule has 2 aliphatic carbocycles. The number of hydroxylamine groups is 1. The molecule has 0 saturated carbocycles. The van der Waals surface area contributed by atoms with Crippen LogP contribution in [0.2, 0.25) is 0 Å². The van der Waals surface area contributed by atoms with Gasteiger partial charge in [-0.3, -0.25) is 14.4 Å². The Morgan fingerprint density at radius 1 is 0.935 bits per heavy atom. The van der Waals surface area contributed by atoms with Crippen molar-refractivity contribution in [3.8, 4) is 11.1 Å². The lowest BCUT2D eigenvalue weighted by atomic mass is 10.1. The summed E-state index contributed by atoms with van der Waals surface area (Å²) in [7, 11) is 0. The van der Waals surface area contributed by atoms with E-state index in [0.29, 0.717) is 18.7 Å². The third kappa shape index (κ3) is 4.92. The Morgan fingerprint density at radius 3 is 2.00 bits per heavy atom. The molecule has 2 amide bonds. The van der Waals surface area contributed by atoms with Gasteiger partial charge in [0.25, 0.3) is 5.91 Å². The molecule has 31 heavy (non-hydrogen) atoms. The number of nitrogens with two attached hydrogens (primary N) is 1. The molecular formula is C21H23N3O7. The summed E-state index contributed by atoms with van der Waals surface area (Å²) in [4.78, 5) is 54.0. The molecule has 0 spiro atoms. The van der Waals surface area contributed by atoms with E-state index in [1.165, 1.54) is 24.3 Å². The maximum Gasteiger partial charge on any atom is 0.338 e. The third-order valence-corrected chi connectivity index (χ3v) is 5.18. The zero-order valence-electron chi connectivity index (χ0n) is 16.7. The van der Waals surface area contributed by atoms with Gasteiger partial charge in [0, 0.05) is 13.1 Å². The van der Waals surface area contributed by atoms with Gasteiger partial charge in [0.15, 0.2) is 6.61 Å². The zero-order chi connectivity index (χ0) is 22.5. The molecule has 10 nitrogen and oxygen atoms in total. The van der Waals surface area contributed by atoms with Gasteiger partial charge in [0.1, 0.15) is 0 Å². The van der Waals surface area contributed by atoms with Crippen LogP contribution < -0.4 is 11.2 Å². The van der Waals surface area contributed by atoms with Crippen LogP contribution in [-0.2, 0) is 20.8 Å². The quantitative estimate of drug-likeness (QED) is 0.480. The number of carbonyl (C=O) groups is 4. The average Bonchev–Trinajstić information content (AvgIpc) is 2.88. The number of aromatic carboxylic acids is 2. The van der Waals surface area contributed by atoms with E-state index in [2.05, 4.69) is 5.48 Å². The normalized spacial score (nSPS) is 13.7. The summed E-state index contributed by atoms with van der Waals surface area (Å²) in [5.74, 6) is -3.38. The van der Waals surface area contributed by atoms with Gasteiger partial charge in [-0.25, -0.2) is 15.1 Å². The fraction of sp³-hybridized carbons (Fsp3) is 0.333. The smallest absolute Gasteiger partial charge is 0.338 e. The van der Waals surface area contributed by atoms with Crippen LogP contribution in [0.5, 0.6) is 0 Å². The summed E-state index contributed by atoms with van der Waals surface area (Å²) in [5.41, 5.74) is 7.88. The molecule has 5 N–H and O–H groups in total. The molecule has 0 aromatic rings. The molecule has 10 heteroatoms. The van der Waals surface area contributed by atoms with E-state index in [0.717, 1.165) is 19.3 Å². The van der Waals surface area contributed by atoms with Gasteiger partial charge < -0.3 is 20.8 Å². The number of piperidine rings is 1. The minimum absolute atomic E-state index is 0.116. The Bertz CT molecular complexity index is 947. The number of nitrogens with one attached hydrogen (secondary N) is 1. The van der Waals surface area contributed by atoms with Gasteiger partial charge in [-0.1, -0.05) is 24.3 Å². The molecule has 0 aromatic carbocycles. The number of hydrogen-bond donors (Lipinski definition) is 4. The Labute approximate surface area is 177 Å².